The summed E-state index contributed by atoms with van der Waals surface area (Å²) in [5.41, 5.74) is 17.0. The normalized spacial score (nSPS) is 14.1. The third-order valence-corrected chi connectivity index (χ3v) is 12.9. The predicted molar refractivity (Wildman–Crippen MR) is 254 cm³/mol. The molecular formula is C56H48N4O. The Bertz CT molecular complexity index is 3190. The highest BCUT2D eigenvalue weighted by atomic mass is 16.5. The van der Waals surface area contributed by atoms with Crippen LogP contribution < -0.4 is 14.5 Å². The third kappa shape index (κ3) is 5.94. The smallest absolute Gasteiger partial charge is 0.137 e. The molecule has 1 aliphatic heterocycles. The summed E-state index contributed by atoms with van der Waals surface area (Å²) >= 11 is 0. The first kappa shape index (κ1) is 36.9. The van der Waals surface area contributed by atoms with Crippen LogP contribution in [0.2, 0.25) is 0 Å². The Kier molecular flexibility index (Phi) is 8.30. The van der Waals surface area contributed by atoms with Crippen molar-refractivity contribution in [3.8, 4) is 39.6 Å². The van der Waals surface area contributed by atoms with Gasteiger partial charge in [-0.05, 0) is 100 Å². The molecule has 0 unspecified atom stereocenters. The van der Waals surface area contributed by atoms with Crippen molar-refractivity contribution in [3.63, 3.8) is 0 Å². The average molecular weight is 793 g/mol. The second-order valence-electron chi connectivity index (χ2n) is 18.2. The van der Waals surface area contributed by atoms with Gasteiger partial charge in [-0.1, -0.05) is 132 Å². The zero-order chi connectivity index (χ0) is 41.6. The number of ether oxygens (including phenoxy) is 1. The van der Waals surface area contributed by atoms with E-state index in [1.165, 1.54) is 67.0 Å². The van der Waals surface area contributed by atoms with Crippen LogP contribution in [-0.4, -0.2) is 16.2 Å². The molecule has 5 heteroatoms. The Hall–Kier alpha value is -7.11. The van der Waals surface area contributed by atoms with Gasteiger partial charge in [0.2, 0.25) is 0 Å². The summed E-state index contributed by atoms with van der Waals surface area (Å²) in [5.74, 6) is 2.45. The molecule has 0 spiro atoms. The SMILES string of the molecule is Cc1ccc2c(c1)N(c1c(-c3ccccc3)ccc3c1-c1ccccc1C3(C)C)CN2c1cccc(Oc2ccc3c4ccccc4n(-c4cc(C(C)(C)C)ccn4)c3c2)c1. The van der Waals surface area contributed by atoms with E-state index in [4.69, 9.17) is 9.72 Å². The first-order valence-corrected chi connectivity index (χ1v) is 21.3. The Morgan fingerprint density at radius 2 is 1.36 bits per heavy atom. The number of benzene rings is 7. The van der Waals surface area contributed by atoms with E-state index >= 15 is 0 Å². The van der Waals surface area contributed by atoms with Crippen molar-refractivity contribution in [2.24, 2.45) is 0 Å². The van der Waals surface area contributed by atoms with E-state index in [9.17, 15) is 0 Å². The summed E-state index contributed by atoms with van der Waals surface area (Å²) in [4.78, 5) is 9.86. The molecule has 7 aromatic carbocycles. The molecule has 3 heterocycles. The third-order valence-electron chi connectivity index (χ3n) is 12.9. The Morgan fingerprint density at radius 3 is 2.21 bits per heavy atom. The molecule has 11 rings (SSSR count). The quantitative estimate of drug-likeness (QED) is 0.168. The van der Waals surface area contributed by atoms with Crippen LogP contribution in [0.1, 0.15) is 56.9 Å². The van der Waals surface area contributed by atoms with E-state index in [-0.39, 0.29) is 10.8 Å². The molecule has 0 amide bonds. The molecule has 2 aromatic heterocycles. The van der Waals surface area contributed by atoms with E-state index < -0.39 is 0 Å². The van der Waals surface area contributed by atoms with E-state index in [2.05, 4.69) is 220 Å². The summed E-state index contributed by atoms with van der Waals surface area (Å²) in [6, 6.07) is 59.2. The van der Waals surface area contributed by atoms with Crippen LogP contribution in [0.5, 0.6) is 11.5 Å². The van der Waals surface area contributed by atoms with E-state index in [1.54, 1.807) is 0 Å². The van der Waals surface area contributed by atoms with Gasteiger partial charge in [-0.2, -0.15) is 0 Å². The highest BCUT2D eigenvalue weighted by molar-refractivity contribution is 6.09. The van der Waals surface area contributed by atoms with Gasteiger partial charge in [0.25, 0.3) is 0 Å². The number of hydrogen-bond acceptors (Lipinski definition) is 4. The van der Waals surface area contributed by atoms with Crippen LogP contribution in [0.25, 0.3) is 49.9 Å². The van der Waals surface area contributed by atoms with Gasteiger partial charge in [-0.25, -0.2) is 4.98 Å². The molecule has 0 fully saturated rings. The lowest BCUT2D eigenvalue weighted by Gasteiger charge is -2.28. The fourth-order valence-corrected chi connectivity index (χ4v) is 9.81. The van der Waals surface area contributed by atoms with Crippen molar-refractivity contribution in [1.82, 2.24) is 9.55 Å². The number of anilines is 4. The number of hydrogen-bond donors (Lipinski definition) is 0. The molecule has 61 heavy (non-hydrogen) atoms. The maximum Gasteiger partial charge on any atom is 0.137 e. The second kappa shape index (κ2) is 13.7. The summed E-state index contributed by atoms with van der Waals surface area (Å²) in [6.07, 6.45) is 1.93. The standard InChI is InChI=1S/C56H48N4O/c1-36-23-28-49-51(31-36)59(54-42(37-15-8-7-9-16-37)26-27-47-53(54)45-20-10-12-21-46(45)56(47,5)6)35-58(49)39-17-14-18-40(33-39)61-41-24-25-44-43-19-11-13-22-48(43)60(50(44)34-41)52-32-38(29-30-57-52)55(2,3)4/h7-34H,35H2,1-6H3. The monoisotopic (exact) mass is 792 g/mol. The van der Waals surface area contributed by atoms with Crippen LogP contribution in [0.3, 0.4) is 0 Å². The molecule has 0 N–H and O–H groups in total. The van der Waals surface area contributed by atoms with Crippen molar-refractivity contribution >= 4 is 44.6 Å². The molecule has 2 aliphatic rings. The van der Waals surface area contributed by atoms with Crippen LogP contribution in [-0.2, 0) is 10.8 Å². The molecular weight excluding hydrogens is 745 g/mol. The van der Waals surface area contributed by atoms with Gasteiger partial charge in [-0.3, -0.25) is 4.57 Å². The van der Waals surface area contributed by atoms with E-state index in [1.807, 2.05) is 6.20 Å². The first-order chi connectivity index (χ1) is 29.5. The molecule has 298 valence electrons. The molecule has 0 bridgehead atoms. The van der Waals surface area contributed by atoms with Crippen molar-refractivity contribution in [3.05, 3.63) is 192 Å². The lowest BCUT2D eigenvalue weighted by molar-refractivity contribution is 0.483. The number of para-hydroxylation sites is 1. The molecule has 0 saturated carbocycles. The Labute approximate surface area is 358 Å². The van der Waals surface area contributed by atoms with E-state index in [0.29, 0.717) is 6.67 Å². The summed E-state index contributed by atoms with van der Waals surface area (Å²) in [7, 11) is 0. The highest BCUT2D eigenvalue weighted by Gasteiger charge is 2.40. The van der Waals surface area contributed by atoms with Gasteiger partial charge >= 0.3 is 0 Å². The highest BCUT2D eigenvalue weighted by Crippen LogP contribution is 2.58. The fourth-order valence-electron chi connectivity index (χ4n) is 9.81. The lowest BCUT2D eigenvalue weighted by atomic mass is 9.82. The minimum Gasteiger partial charge on any atom is -0.457 e. The Morgan fingerprint density at radius 1 is 0.590 bits per heavy atom. The summed E-state index contributed by atoms with van der Waals surface area (Å²) in [6.45, 7) is 14.3. The lowest BCUT2D eigenvalue weighted by Crippen LogP contribution is -2.25. The Balaban J connectivity index is 1.00. The van der Waals surface area contributed by atoms with Gasteiger partial charge in [-0.15, -0.1) is 0 Å². The largest absolute Gasteiger partial charge is 0.457 e. The van der Waals surface area contributed by atoms with Gasteiger partial charge in [0.15, 0.2) is 0 Å². The van der Waals surface area contributed by atoms with Gasteiger partial charge in [0, 0.05) is 51.3 Å². The van der Waals surface area contributed by atoms with Gasteiger partial charge < -0.3 is 14.5 Å². The number of nitrogens with zero attached hydrogens (tertiary/aromatic N) is 4. The molecule has 5 nitrogen and oxygen atoms in total. The molecule has 9 aromatic rings. The van der Waals surface area contributed by atoms with Crippen LogP contribution in [0.15, 0.2) is 170 Å². The van der Waals surface area contributed by atoms with Gasteiger partial charge in [0.1, 0.15) is 24.0 Å². The molecule has 0 atom stereocenters. The molecule has 0 saturated heterocycles. The van der Waals surface area contributed by atoms with E-state index in [0.717, 1.165) is 39.4 Å². The zero-order valence-corrected chi connectivity index (χ0v) is 35.6. The second-order valence-corrected chi connectivity index (χ2v) is 18.2. The molecule has 1 aliphatic carbocycles. The van der Waals surface area contributed by atoms with Crippen molar-refractivity contribution in [2.75, 3.05) is 16.5 Å². The number of fused-ring (bicyclic) bond motifs is 7. The first-order valence-electron chi connectivity index (χ1n) is 21.3. The maximum absolute atomic E-state index is 6.80. The number of aromatic nitrogens is 2. The zero-order valence-electron chi connectivity index (χ0n) is 35.6. The fraction of sp³-hybridized carbons (Fsp3) is 0.161. The van der Waals surface area contributed by atoms with Gasteiger partial charge in [0.05, 0.1) is 28.1 Å². The van der Waals surface area contributed by atoms with Crippen LogP contribution >= 0.6 is 0 Å². The van der Waals surface area contributed by atoms with Crippen LogP contribution in [0.4, 0.5) is 22.7 Å². The molecule has 0 radical (unpaired) electrons. The van der Waals surface area contributed by atoms with Crippen molar-refractivity contribution < 1.29 is 4.74 Å². The number of aryl methyl sites for hydroxylation is 1. The summed E-state index contributed by atoms with van der Waals surface area (Å²) < 4.78 is 9.06. The van der Waals surface area contributed by atoms with Crippen molar-refractivity contribution in [1.29, 1.82) is 0 Å². The van der Waals surface area contributed by atoms with Crippen LogP contribution in [0, 0.1) is 6.92 Å². The summed E-state index contributed by atoms with van der Waals surface area (Å²) in [5, 5.41) is 2.35. The predicted octanol–water partition coefficient (Wildman–Crippen LogP) is 14.8. The average Bonchev–Trinajstić information content (AvgIpc) is 3.88. The number of rotatable bonds is 6. The minimum atomic E-state index is -0.124. The van der Waals surface area contributed by atoms with Crippen molar-refractivity contribution in [2.45, 2.75) is 52.4 Å². The topological polar surface area (TPSA) is 33.5 Å². The minimum absolute atomic E-state index is 0.00486. The maximum atomic E-state index is 6.80. The number of pyridine rings is 1.